The molecule has 0 bridgehead atoms. The predicted molar refractivity (Wildman–Crippen MR) is 169 cm³/mol. The minimum Gasteiger partial charge on any atom is -0.496 e. The van der Waals surface area contributed by atoms with Crippen LogP contribution in [-0.4, -0.2) is 85.4 Å². The van der Waals surface area contributed by atoms with Crippen LogP contribution in [0.15, 0.2) is 66.7 Å². The number of carbonyl (C=O) groups excluding carboxylic acids is 1. The average Bonchev–Trinajstić information content (AvgIpc) is 3.06. The summed E-state index contributed by atoms with van der Waals surface area (Å²) in [7, 11) is 3.38. The molecule has 236 valence electrons. The summed E-state index contributed by atoms with van der Waals surface area (Å²) in [5.74, 6) is 3.20. The van der Waals surface area contributed by atoms with Gasteiger partial charge in [0.15, 0.2) is 0 Å². The van der Waals surface area contributed by atoms with Gasteiger partial charge in [0, 0.05) is 50.5 Å². The Balaban J connectivity index is 1.11. The van der Waals surface area contributed by atoms with E-state index in [0.29, 0.717) is 39.6 Å². The van der Waals surface area contributed by atoms with E-state index in [1.165, 1.54) is 0 Å². The van der Waals surface area contributed by atoms with Crippen molar-refractivity contribution in [3.63, 3.8) is 0 Å². The molecule has 10 nitrogen and oxygen atoms in total. The molecule has 5 rings (SSSR count). The largest absolute Gasteiger partial charge is 0.496 e. The topological polar surface area (TPSA) is 91.0 Å². The maximum absolute atomic E-state index is 13.0. The fraction of sp³-hybridized carbons (Fsp3) is 0.441. The number of amides is 1. The third kappa shape index (κ3) is 8.34. The first-order valence-electron chi connectivity index (χ1n) is 15.2. The Morgan fingerprint density at radius 2 is 1.77 bits per heavy atom. The highest BCUT2D eigenvalue weighted by Gasteiger charge is 2.30. The Hall–Kier alpha value is -3.99. The number of anilines is 2. The number of benzene rings is 3. The third-order valence-corrected chi connectivity index (χ3v) is 7.67. The van der Waals surface area contributed by atoms with E-state index in [2.05, 4.69) is 10.2 Å². The van der Waals surface area contributed by atoms with Gasteiger partial charge in [0.2, 0.25) is 5.91 Å². The van der Waals surface area contributed by atoms with E-state index < -0.39 is 0 Å². The lowest BCUT2D eigenvalue weighted by atomic mass is 10.1. The summed E-state index contributed by atoms with van der Waals surface area (Å²) >= 11 is 0. The van der Waals surface area contributed by atoms with E-state index >= 15 is 0 Å². The average molecular weight is 606 g/mol. The van der Waals surface area contributed by atoms with Crippen molar-refractivity contribution in [2.24, 2.45) is 0 Å². The molecule has 2 aliphatic heterocycles. The Morgan fingerprint density at radius 1 is 0.932 bits per heavy atom. The SMILES string of the molecule is COCCCN1CCOc2ccc(OC[C@H]3CNCC(=O)N3c3ccc(OCCCOCc4ccccc4OC)cc3)cc21. The first-order valence-corrected chi connectivity index (χ1v) is 15.2. The summed E-state index contributed by atoms with van der Waals surface area (Å²) in [6.45, 7) is 5.98. The number of fused-ring (bicyclic) bond motifs is 1. The first-order chi connectivity index (χ1) is 21.7. The van der Waals surface area contributed by atoms with Gasteiger partial charge in [-0.25, -0.2) is 0 Å². The molecule has 1 saturated heterocycles. The Bertz CT molecular complexity index is 1340. The Kier molecular flexibility index (Phi) is 11.6. The summed E-state index contributed by atoms with van der Waals surface area (Å²) < 4.78 is 34.4. The van der Waals surface area contributed by atoms with Gasteiger partial charge in [-0.3, -0.25) is 4.79 Å². The van der Waals surface area contributed by atoms with Gasteiger partial charge < -0.3 is 43.5 Å². The lowest BCUT2D eigenvalue weighted by Gasteiger charge is -2.36. The van der Waals surface area contributed by atoms with Gasteiger partial charge >= 0.3 is 0 Å². The molecule has 0 aromatic heterocycles. The van der Waals surface area contributed by atoms with Gasteiger partial charge in [-0.2, -0.15) is 0 Å². The zero-order valence-electron chi connectivity index (χ0n) is 25.7. The lowest BCUT2D eigenvalue weighted by molar-refractivity contribution is -0.119. The first kappa shape index (κ1) is 31.4. The van der Waals surface area contributed by atoms with E-state index in [0.717, 1.165) is 72.5 Å². The van der Waals surface area contributed by atoms with Gasteiger partial charge in [-0.15, -0.1) is 0 Å². The molecular weight excluding hydrogens is 562 g/mol. The van der Waals surface area contributed by atoms with E-state index in [1.54, 1.807) is 14.2 Å². The highest BCUT2D eigenvalue weighted by atomic mass is 16.5. The zero-order chi connectivity index (χ0) is 30.6. The van der Waals surface area contributed by atoms with E-state index in [9.17, 15) is 4.79 Å². The minimum absolute atomic E-state index is 0.00822. The summed E-state index contributed by atoms with van der Waals surface area (Å²) in [5, 5.41) is 3.22. The monoisotopic (exact) mass is 605 g/mol. The zero-order valence-corrected chi connectivity index (χ0v) is 25.7. The van der Waals surface area contributed by atoms with Crippen molar-refractivity contribution >= 4 is 17.3 Å². The van der Waals surface area contributed by atoms with Crippen molar-refractivity contribution in [3.05, 3.63) is 72.3 Å². The normalized spacial score (nSPS) is 16.3. The second kappa shape index (κ2) is 16.2. The molecule has 1 fully saturated rings. The number of hydrogen-bond acceptors (Lipinski definition) is 9. The van der Waals surface area contributed by atoms with E-state index in [-0.39, 0.29) is 18.5 Å². The molecule has 0 radical (unpaired) electrons. The molecule has 1 amide bonds. The van der Waals surface area contributed by atoms with Crippen LogP contribution >= 0.6 is 0 Å². The van der Waals surface area contributed by atoms with Crippen molar-refractivity contribution in [1.29, 1.82) is 0 Å². The van der Waals surface area contributed by atoms with Crippen LogP contribution in [-0.2, 0) is 20.9 Å². The predicted octanol–water partition coefficient (Wildman–Crippen LogP) is 4.30. The maximum Gasteiger partial charge on any atom is 0.241 e. The lowest BCUT2D eigenvalue weighted by Crippen LogP contribution is -2.57. The van der Waals surface area contributed by atoms with Crippen molar-refractivity contribution < 1.29 is 33.2 Å². The van der Waals surface area contributed by atoms with Crippen molar-refractivity contribution in [1.82, 2.24) is 5.32 Å². The molecule has 0 aliphatic carbocycles. The molecule has 0 spiro atoms. The van der Waals surface area contributed by atoms with E-state index in [1.807, 2.05) is 71.6 Å². The van der Waals surface area contributed by atoms with Crippen LogP contribution in [0.25, 0.3) is 0 Å². The molecular formula is C34H43N3O7. The molecule has 1 atom stereocenters. The molecule has 10 heteroatoms. The van der Waals surface area contributed by atoms with Crippen LogP contribution in [0.1, 0.15) is 18.4 Å². The molecule has 1 N–H and O–H groups in total. The molecule has 0 unspecified atom stereocenters. The summed E-state index contributed by atoms with van der Waals surface area (Å²) in [4.78, 5) is 17.1. The van der Waals surface area contributed by atoms with Gasteiger partial charge in [0.25, 0.3) is 0 Å². The Morgan fingerprint density at radius 3 is 2.61 bits per heavy atom. The second-order valence-electron chi connectivity index (χ2n) is 10.7. The molecule has 3 aromatic rings. The number of carbonyl (C=O) groups is 1. The number of ether oxygens (including phenoxy) is 6. The van der Waals surface area contributed by atoms with Gasteiger partial charge in [0.1, 0.15) is 36.2 Å². The molecule has 0 saturated carbocycles. The standard InChI is InChI=1S/C34H43N3O7/c1-39-17-5-15-36-16-20-43-33-14-13-30(21-31(33)36)44-25-28-22-35-23-34(38)37(28)27-9-11-29(12-10-27)42-19-6-18-41-24-26-7-3-4-8-32(26)40-2/h3-4,7-14,21,28,35H,5-6,15-20,22-25H2,1-2H3/t28-/m1/s1. The smallest absolute Gasteiger partial charge is 0.241 e. The van der Waals surface area contributed by atoms with Crippen molar-refractivity contribution in [3.8, 4) is 23.0 Å². The molecule has 2 heterocycles. The quantitative estimate of drug-likeness (QED) is 0.240. The molecule has 44 heavy (non-hydrogen) atoms. The number of rotatable bonds is 16. The van der Waals surface area contributed by atoms with Gasteiger partial charge in [0.05, 0.1) is 51.7 Å². The van der Waals surface area contributed by atoms with Crippen LogP contribution < -0.4 is 34.1 Å². The number of nitrogens with one attached hydrogen (secondary N) is 1. The molecule has 3 aromatic carbocycles. The highest BCUT2D eigenvalue weighted by molar-refractivity contribution is 5.96. The summed E-state index contributed by atoms with van der Waals surface area (Å²) in [6, 6.07) is 21.3. The molecule has 2 aliphatic rings. The fourth-order valence-electron chi connectivity index (χ4n) is 5.44. The van der Waals surface area contributed by atoms with E-state index in [4.69, 9.17) is 28.4 Å². The van der Waals surface area contributed by atoms with Crippen LogP contribution in [0, 0.1) is 0 Å². The maximum atomic E-state index is 13.0. The second-order valence-corrected chi connectivity index (χ2v) is 10.7. The minimum atomic E-state index is -0.159. The van der Waals surface area contributed by atoms with Crippen molar-refractivity contribution in [2.45, 2.75) is 25.5 Å². The van der Waals surface area contributed by atoms with Crippen LogP contribution in [0.5, 0.6) is 23.0 Å². The summed E-state index contributed by atoms with van der Waals surface area (Å²) in [6.07, 6.45) is 1.70. The van der Waals surface area contributed by atoms with Crippen LogP contribution in [0.2, 0.25) is 0 Å². The number of para-hydroxylation sites is 1. The van der Waals surface area contributed by atoms with Crippen LogP contribution in [0.3, 0.4) is 0 Å². The Labute approximate surface area is 259 Å². The highest BCUT2D eigenvalue weighted by Crippen LogP contribution is 2.35. The van der Waals surface area contributed by atoms with Crippen molar-refractivity contribution in [2.75, 3.05) is 83.2 Å². The van der Waals surface area contributed by atoms with Gasteiger partial charge in [-0.05, 0) is 48.9 Å². The third-order valence-electron chi connectivity index (χ3n) is 7.67. The number of piperazine rings is 1. The number of methoxy groups -OCH3 is 2. The fourth-order valence-corrected chi connectivity index (χ4v) is 5.44. The van der Waals surface area contributed by atoms with Gasteiger partial charge in [-0.1, -0.05) is 18.2 Å². The summed E-state index contributed by atoms with van der Waals surface area (Å²) in [5.41, 5.74) is 2.87. The number of nitrogens with zero attached hydrogens (tertiary/aromatic N) is 2. The number of hydrogen-bond donors (Lipinski definition) is 1. The van der Waals surface area contributed by atoms with Crippen LogP contribution in [0.4, 0.5) is 11.4 Å².